The third-order valence-electron chi connectivity index (χ3n) is 3.60. The number of rotatable bonds is 5. The summed E-state index contributed by atoms with van der Waals surface area (Å²) < 4.78 is 5.96. The molecule has 0 aliphatic rings. The van der Waals surface area contributed by atoms with Crippen LogP contribution in [0.2, 0.25) is 0 Å². The highest BCUT2D eigenvalue weighted by Crippen LogP contribution is 2.22. The van der Waals surface area contributed by atoms with E-state index in [1.807, 2.05) is 19.2 Å². The molecule has 3 aromatic rings. The van der Waals surface area contributed by atoms with Crippen LogP contribution < -0.4 is 10.1 Å². The van der Waals surface area contributed by atoms with E-state index in [0.29, 0.717) is 6.61 Å². The van der Waals surface area contributed by atoms with E-state index < -0.39 is 0 Å². The fraction of sp³-hybridized carbons (Fsp3) is 0.158. The van der Waals surface area contributed by atoms with Gasteiger partial charge in [0.15, 0.2) is 0 Å². The molecule has 21 heavy (non-hydrogen) atoms. The van der Waals surface area contributed by atoms with Gasteiger partial charge in [0.25, 0.3) is 0 Å². The Kier molecular flexibility index (Phi) is 4.17. The molecule has 2 nitrogen and oxygen atoms in total. The molecule has 3 rings (SSSR count). The Morgan fingerprint density at radius 1 is 0.810 bits per heavy atom. The Balaban J connectivity index is 1.77. The third-order valence-corrected chi connectivity index (χ3v) is 3.60. The normalized spacial score (nSPS) is 10.7. The lowest BCUT2D eigenvalue weighted by atomic mass is 10.1. The lowest BCUT2D eigenvalue weighted by Gasteiger charge is -2.11. The first-order valence-corrected chi connectivity index (χ1v) is 7.20. The quantitative estimate of drug-likeness (QED) is 0.757. The summed E-state index contributed by atoms with van der Waals surface area (Å²) in [4.78, 5) is 0. The molecule has 2 heteroatoms. The van der Waals surface area contributed by atoms with Crippen molar-refractivity contribution in [2.75, 3.05) is 7.05 Å². The number of fused-ring (bicyclic) bond motifs is 1. The van der Waals surface area contributed by atoms with Crippen molar-refractivity contribution in [2.24, 2.45) is 0 Å². The van der Waals surface area contributed by atoms with Gasteiger partial charge in [0.1, 0.15) is 12.4 Å². The third kappa shape index (κ3) is 3.23. The van der Waals surface area contributed by atoms with Gasteiger partial charge >= 0.3 is 0 Å². The second-order valence-corrected chi connectivity index (χ2v) is 5.10. The Hall–Kier alpha value is -2.32. The molecule has 0 aromatic heterocycles. The molecule has 1 N–H and O–H groups in total. The molecule has 0 atom stereocenters. The first-order chi connectivity index (χ1) is 10.4. The molecule has 0 radical (unpaired) electrons. The number of ether oxygens (including phenoxy) is 1. The molecule has 0 amide bonds. The van der Waals surface area contributed by atoms with Crippen molar-refractivity contribution < 1.29 is 4.74 Å². The maximum Gasteiger partial charge on any atom is 0.120 e. The van der Waals surface area contributed by atoms with Crippen LogP contribution in [-0.2, 0) is 13.2 Å². The van der Waals surface area contributed by atoms with Gasteiger partial charge in [-0.15, -0.1) is 0 Å². The fourth-order valence-electron chi connectivity index (χ4n) is 2.48. The average Bonchev–Trinajstić information content (AvgIpc) is 2.54. The van der Waals surface area contributed by atoms with E-state index in [0.717, 1.165) is 12.3 Å². The van der Waals surface area contributed by atoms with Crippen molar-refractivity contribution >= 4 is 10.8 Å². The van der Waals surface area contributed by atoms with Crippen LogP contribution in [0.4, 0.5) is 0 Å². The van der Waals surface area contributed by atoms with Gasteiger partial charge in [0.2, 0.25) is 0 Å². The van der Waals surface area contributed by atoms with Gasteiger partial charge in [0, 0.05) is 6.54 Å². The molecular formula is C19H19NO. The second kappa shape index (κ2) is 6.42. The van der Waals surface area contributed by atoms with Crippen molar-refractivity contribution in [2.45, 2.75) is 13.2 Å². The molecule has 0 saturated heterocycles. The van der Waals surface area contributed by atoms with Crippen LogP contribution in [0.1, 0.15) is 11.1 Å². The Labute approximate surface area is 125 Å². The summed E-state index contributed by atoms with van der Waals surface area (Å²) in [5.74, 6) is 0.910. The van der Waals surface area contributed by atoms with Gasteiger partial charge in [-0.25, -0.2) is 0 Å². The Morgan fingerprint density at radius 2 is 1.52 bits per heavy atom. The number of benzene rings is 3. The zero-order chi connectivity index (χ0) is 14.5. The van der Waals surface area contributed by atoms with Gasteiger partial charge < -0.3 is 10.1 Å². The minimum Gasteiger partial charge on any atom is -0.489 e. The number of hydrogen-bond donors (Lipinski definition) is 1. The lowest BCUT2D eigenvalue weighted by Crippen LogP contribution is -2.09. The summed E-state index contributed by atoms with van der Waals surface area (Å²) in [7, 11) is 1.96. The van der Waals surface area contributed by atoms with E-state index in [1.165, 1.54) is 21.9 Å². The molecule has 106 valence electrons. The monoisotopic (exact) mass is 277 g/mol. The smallest absolute Gasteiger partial charge is 0.120 e. The summed E-state index contributed by atoms with van der Waals surface area (Å²) in [5.41, 5.74) is 2.50. The highest BCUT2D eigenvalue weighted by molar-refractivity contribution is 5.83. The van der Waals surface area contributed by atoms with Crippen molar-refractivity contribution in [3.8, 4) is 5.75 Å². The summed E-state index contributed by atoms with van der Waals surface area (Å²) in [6, 6.07) is 22.9. The van der Waals surface area contributed by atoms with Crippen molar-refractivity contribution in [3.05, 3.63) is 77.9 Å². The Bertz CT molecular complexity index is 736. The van der Waals surface area contributed by atoms with Gasteiger partial charge in [0.05, 0.1) is 0 Å². The van der Waals surface area contributed by atoms with E-state index in [4.69, 9.17) is 4.74 Å². The summed E-state index contributed by atoms with van der Waals surface area (Å²) in [6.07, 6.45) is 0. The first-order valence-electron chi connectivity index (χ1n) is 7.20. The molecule has 0 unspecified atom stereocenters. The molecule has 0 aliphatic heterocycles. The number of nitrogens with one attached hydrogen (secondary N) is 1. The standard InChI is InChI=1S/C19H19NO/c1-20-13-17-8-4-5-9-18(17)14-21-19-11-10-15-6-2-3-7-16(15)12-19/h2-12,20H,13-14H2,1H3. The zero-order valence-corrected chi connectivity index (χ0v) is 12.2. The molecule has 0 heterocycles. The van der Waals surface area contributed by atoms with Gasteiger partial charge in [-0.3, -0.25) is 0 Å². The van der Waals surface area contributed by atoms with E-state index in [2.05, 4.69) is 59.9 Å². The van der Waals surface area contributed by atoms with Crippen LogP contribution in [0.5, 0.6) is 5.75 Å². The van der Waals surface area contributed by atoms with E-state index in [9.17, 15) is 0 Å². The largest absolute Gasteiger partial charge is 0.489 e. The van der Waals surface area contributed by atoms with E-state index in [-0.39, 0.29) is 0 Å². The maximum absolute atomic E-state index is 5.96. The predicted molar refractivity (Wildman–Crippen MR) is 87.5 cm³/mol. The minimum atomic E-state index is 0.593. The van der Waals surface area contributed by atoms with Crippen LogP contribution >= 0.6 is 0 Å². The van der Waals surface area contributed by atoms with Crippen molar-refractivity contribution in [1.29, 1.82) is 0 Å². The lowest BCUT2D eigenvalue weighted by molar-refractivity contribution is 0.305. The van der Waals surface area contributed by atoms with Crippen LogP contribution in [-0.4, -0.2) is 7.05 Å². The van der Waals surface area contributed by atoms with Crippen LogP contribution in [0.3, 0.4) is 0 Å². The topological polar surface area (TPSA) is 21.3 Å². The van der Waals surface area contributed by atoms with E-state index in [1.54, 1.807) is 0 Å². The van der Waals surface area contributed by atoms with Crippen LogP contribution in [0, 0.1) is 0 Å². The second-order valence-electron chi connectivity index (χ2n) is 5.10. The summed E-state index contributed by atoms with van der Waals surface area (Å²) >= 11 is 0. The van der Waals surface area contributed by atoms with Crippen LogP contribution in [0.25, 0.3) is 10.8 Å². The van der Waals surface area contributed by atoms with Gasteiger partial charge in [-0.2, -0.15) is 0 Å². The SMILES string of the molecule is CNCc1ccccc1COc1ccc2ccccc2c1. The molecule has 0 saturated carbocycles. The average molecular weight is 277 g/mol. The first kappa shape index (κ1) is 13.7. The highest BCUT2D eigenvalue weighted by Gasteiger charge is 2.02. The van der Waals surface area contributed by atoms with Crippen molar-refractivity contribution in [1.82, 2.24) is 5.32 Å². The Morgan fingerprint density at radius 3 is 2.33 bits per heavy atom. The summed E-state index contributed by atoms with van der Waals surface area (Å²) in [5, 5.41) is 5.63. The zero-order valence-electron chi connectivity index (χ0n) is 12.2. The fourth-order valence-corrected chi connectivity index (χ4v) is 2.48. The van der Waals surface area contributed by atoms with Crippen molar-refractivity contribution in [3.63, 3.8) is 0 Å². The number of hydrogen-bond acceptors (Lipinski definition) is 2. The van der Waals surface area contributed by atoms with Gasteiger partial charge in [-0.05, 0) is 41.1 Å². The van der Waals surface area contributed by atoms with E-state index >= 15 is 0 Å². The minimum absolute atomic E-state index is 0.593. The summed E-state index contributed by atoms with van der Waals surface area (Å²) in [6.45, 7) is 1.45. The van der Waals surface area contributed by atoms with Gasteiger partial charge in [-0.1, -0.05) is 54.6 Å². The molecule has 0 aliphatic carbocycles. The molecule has 0 spiro atoms. The van der Waals surface area contributed by atoms with Crippen LogP contribution in [0.15, 0.2) is 66.7 Å². The molecule has 0 bridgehead atoms. The molecule has 3 aromatic carbocycles. The highest BCUT2D eigenvalue weighted by atomic mass is 16.5. The molecular weight excluding hydrogens is 258 g/mol. The predicted octanol–water partition coefficient (Wildman–Crippen LogP) is 4.14. The maximum atomic E-state index is 5.96. The molecule has 0 fully saturated rings.